The van der Waals surface area contributed by atoms with Crippen LogP contribution in [0.5, 0.6) is 0 Å². The number of rotatable bonds is 4. The molecule has 0 heterocycles. The first-order valence-corrected chi connectivity index (χ1v) is 4.86. The summed E-state index contributed by atoms with van der Waals surface area (Å²) in [6, 6.07) is 0.297. The molecule has 0 saturated heterocycles. The van der Waals surface area contributed by atoms with Crippen molar-refractivity contribution in [2.75, 3.05) is 6.54 Å². The maximum Gasteiger partial charge on any atom is 0.336 e. The lowest BCUT2D eigenvalue weighted by atomic mass is 10.0. The number of aliphatic carboxylic acids is 1. The normalized spacial score (nSPS) is 25.7. The molecule has 0 saturated carbocycles. The number of allylic oxidation sites excluding steroid dienone is 1. The zero-order valence-electron chi connectivity index (χ0n) is 8.36. The average molecular weight is 199 g/mol. The summed E-state index contributed by atoms with van der Waals surface area (Å²) in [7, 11) is 0. The molecule has 2 atom stereocenters. The first kappa shape index (κ1) is 11.2. The summed E-state index contributed by atoms with van der Waals surface area (Å²) in [6.45, 7) is 1.40. The van der Waals surface area contributed by atoms with Crippen molar-refractivity contribution in [1.29, 1.82) is 0 Å². The second-order valence-electron chi connectivity index (χ2n) is 3.94. The number of carbonyl (C=O) groups is 1. The Bertz CT molecular complexity index is 236. The molecule has 14 heavy (non-hydrogen) atoms. The number of nitrogens with one attached hydrogen (secondary N) is 1. The van der Waals surface area contributed by atoms with Crippen molar-refractivity contribution in [3.63, 3.8) is 0 Å². The predicted molar refractivity (Wildman–Crippen MR) is 53.0 cm³/mol. The van der Waals surface area contributed by atoms with Crippen molar-refractivity contribution in [3.8, 4) is 0 Å². The summed E-state index contributed by atoms with van der Waals surface area (Å²) >= 11 is 0. The molecule has 2 unspecified atom stereocenters. The largest absolute Gasteiger partial charge is 0.479 e. The molecule has 0 aliphatic heterocycles. The fourth-order valence-corrected chi connectivity index (χ4v) is 1.40. The maximum atomic E-state index is 10.6. The highest BCUT2D eigenvalue weighted by atomic mass is 16.4. The minimum atomic E-state index is -1.67. The van der Waals surface area contributed by atoms with Crippen molar-refractivity contribution < 1.29 is 15.0 Å². The molecule has 0 aromatic rings. The van der Waals surface area contributed by atoms with Crippen LogP contribution in [-0.2, 0) is 4.79 Å². The van der Waals surface area contributed by atoms with E-state index >= 15 is 0 Å². The number of aliphatic hydroxyl groups is 1. The molecule has 0 aromatic heterocycles. The summed E-state index contributed by atoms with van der Waals surface area (Å²) in [6.07, 6.45) is 7.14. The maximum absolute atomic E-state index is 10.6. The van der Waals surface area contributed by atoms with Gasteiger partial charge in [-0.1, -0.05) is 12.2 Å². The van der Waals surface area contributed by atoms with Gasteiger partial charge in [-0.3, -0.25) is 0 Å². The summed E-state index contributed by atoms with van der Waals surface area (Å²) in [5.74, 6) is -1.18. The fraction of sp³-hybridized carbons (Fsp3) is 0.700. The molecule has 0 bridgehead atoms. The van der Waals surface area contributed by atoms with Crippen molar-refractivity contribution in [1.82, 2.24) is 5.32 Å². The van der Waals surface area contributed by atoms with E-state index in [0.717, 1.165) is 19.3 Å². The highest BCUT2D eigenvalue weighted by molar-refractivity contribution is 5.76. The van der Waals surface area contributed by atoms with Crippen LogP contribution in [0.2, 0.25) is 0 Å². The van der Waals surface area contributed by atoms with Gasteiger partial charge in [-0.05, 0) is 26.2 Å². The SMILES string of the molecule is CC(O)(CNC1CC=CCC1)C(=O)O. The predicted octanol–water partition coefficient (Wildman–Crippen LogP) is 0.520. The molecule has 80 valence electrons. The van der Waals surface area contributed by atoms with E-state index in [1.54, 1.807) is 0 Å². The standard InChI is InChI=1S/C10H17NO3/c1-10(14,9(12)13)7-11-8-5-3-2-4-6-8/h2-3,8,11,14H,4-7H2,1H3,(H,12,13). The summed E-state index contributed by atoms with van der Waals surface area (Å²) in [4.78, 5) is 10.6. The van der Waals surface area contributed by atoms with Crippen LogP contribution in [0.3, 0.4) is 0 Å². The van der Waals surface area contributed by atoms with Gasteiger partial charge in [0.25, 0.3) is 0 Å². The minimum Gasteiger partial charge on any atom is -0.479 e. The Labute approximate surface area is 83.6 Å². The van der Waals surface area contributed by atoms with Crippen molar-refractivity contribution in [2.45, 2.75) is 37.8 Å². The van der Waals surface area contributed by atoms with E-state index in [2.05, 4.69) is 17.5 Å². The molecule has 0 fully saturated rings. The molecular weight excluding hydrogens is 182 g/mol. The van der Waals surface area contributed by atoms with E-state index < -0.39 is 11.6 Å². The lowest BCUT2D eigenvalue weighted by Crippen LogP contribution is -2.47. The van der Waals surface area contributed by atoms with Gasteiger partial charge in [0, 0.05) is 12.6 Å². The van der Waals surface area contributed by atoms with E-state index in [1.165, 1.54) is 6.92 Å². The van der Waals surface area contributed by atoms with E-state index in [-0.39, 0.29) is 6.54 Å². The van der Waals surface area contributed by atoms with Gasteiger partial charge in [0.1, 0.15) is 0 Å². The molecule has 4 nitrogen and oxygen atoms in total. The van der Waals surface area contributed by atoms with E-state index in [0.29, 0.717) is 6.04 Å². The third-order valence-corrected chi connectivity index (χ3v) is 2.46. The van der Waals surface area contributed by atoms with Gasteiger partial charge in [-0.25, -0.2) is 4.79 Å². The van der Waals surface area contributed by atoms with Crippen LogP contribution in [0.1, 0.15) is 26.2 Å². The van der Waals surface area contributed by atoms with Gasteiger partial charge in [0.2, 0.25) is 0 Å². The molecule has 1 aliphatic carbocycles. The second-order valence-corrected chi connectivity index (χ2v) is 3.94. The quantitative estimate of drug-likeness (QED) is 0.577. The third kappa shape index (κ3) is 3.12. The van der Waals surface area contributed by atoms with Crippen LogP contribution < -0.4 is 5.32 Å². The molecule has 1 rings (SSSR count). The molecule has 0 amide bonds. The van der Waals surface area contributed by atoms with Crippen LogP contribution >= 0.6 is 0 Å². The number of carboxylic acid groups (broad SMARTS) is 1. The first-order chi connectivity index (χ1) is 6.52. The Balaban J connectivity index is 2.32. The van der Waals surface area contributed by atoms with Gasteiger partial charge in [0.15, 0.2) is 5.60 Å². The topological polar surface area (TPSA) is 69.6 Å². The molecule has 1 aliphatic rings. The fourth-order valence-electron chi connectivity index (χ4n) is 1.40. The molecular formula is C10H17NO3. The van der Waals surface area contributed by atoms with Crippen LogP contribution in [0.25, 0.3) is 0 Å². The minimum absolute atomic E-state index is 0.0981. The van der Waals surface area contributed by atoms with Crippen LogP contribution in [0.4, 0.5) is 0 Å². The Morgan fingerprint density at radius 1 is 1.64 bits per heavy atom. The number of hydrogen-bond donors (Lipinski definition) is 3. The van der Waals surface area contributed by atoms with Crippen molar-refractivity contribution in [3.05, 3.63) is 12.2 Å². The van der Waals surface area contributed by atoms with E-state index in [1.807, 2.05) is 0 Å². The summed E-state index contributed by atoms with van der Waals surface area (Å²) < 4.78 is 0. The average Bonchev–Trinajstić information content (AvgIpc) is 2.16. The highest BCUT2D eigenvalue weighted by Crippen LogP contribution is 2.11. The Kier molecular flexibility index (Phi) is 3.66. The number of carboxylic acids is 1. The lowest BCUT2D eigenvalue weighted by Gasteiger charge is -2.24. The van der Waals surface area contributed by atoms with E-state index in [4.69, 9.17) is 5.11 Å². The molecule has 3 N–H and O–H groups in total. The zero-order valence-corrected chi connectivity index (χ0v) is 8.36. The molecule has 0 radical (unpaired) electrons. The third-order valence-electron chi connectivity index (χ3n) is 2.46. The van der Waals surface area contributed by atoms with Crippen LogP contribution in [0, 0.1) is 0 Å². The Morgan fingerprint density at radius 2 is 2.36 bits per heavy atom. The first-order valence-electron chi connectivity index (χ1n) is 4.86. The second kappa shape index (κ2) is 4.57. The lowest BCUT2D eigenvalue weighted by molar-refractivity contribution is -0.156. The van der Waals surface area contributed by atoms with Crippen LogP contribution in [-0.4, -0.2) is 34.4 Å². The van der Waals surface area contributed by atoms with Gasteiger partial charge >= 0.3 is 5.97 Å². The summed E-state index contributed by atoms with van der Waals surface area (Å²) in [5, 5.41) is 21.2. The zero-order chi connectivity index (χ0) is 10.6. The molecule has 0 aromatic carbocycles. The van der Waals surface area contributed by atoms with Crippen molar-refractivity contribution >= 4 is 5.97 Å². The van der Waals surface area contributed by atoms with E-state index in [9.17, 15) is 9.90 Å². The Hall–Kier alpha value is -0.870. The van der Waals surface area contributed by atoms with Crippen molar-refractivity contribution in [2.24, 2.45) is 0 Å². The van der Waals surface area contributed by atoms with Gasteiger partial charge < -0.3 is 15.5 Å². The van der Waals surface area contributed by atoms with Gasteiger partial charge in [0.05, 0.1) is 0 Å². The Morgan fingerprint density at radius 3 is 2.86 bits per heavy atom. The van der Waals surface area contributed by atoms with Gasteiger partial charge in [-0.2, -0.15) is 0 Å². The monoisotopic (exact) mass is 199 g/mol. The van der Waals surface area contributed by atoms with Crippen LogP contribution in [0.15, 0.2) is 12.2 Å². The molecule has 4 heteroatoms. The highest BCUT2D eigenvalue weighted by Gasteiger charge is 2.30. The molecule has 0 spiro atoms. The number of hydrogen-bond acceptors (Lipinski definition) is 3. The smallest absolute Gasteiger partial charge is 0.336 e. The van der Waals surface area contributed by atoms with Gasteiger partial charge in [-0.15, -0.1) is 0 Å². The summed E-state index contributed by atoms with van der Waals surface area (Å²) in [5.41, 5.74) is -1.67.